The van der Waals surface area contributed by atoms with Gasteiger partial charge in [0.05, 0.1) is 23.5 Å². The van der Waals surface area contributed by atoms with Crippen LogP contribution in [0.2, 0.25) is 0 Å². The van der Waals surface area contributed by atoms with Crippen molar-refractivity contribution in [2.75, 3.05) is 18.0 Å². The lowest BCUT2D eigenvalue weighted by Crippen LogP contribution is -2.25. The van der Waals surface area contributed by atoms with E-state index in [1.165, 1.54) is 0 Å². The molecule has 4 heteroatoms. The molecule has 0 atom stereocenters. The first-order valence-corrected chi connectivity index (χ1v) is 6.84. The van der Waals surface area contributed by atoms with Crippen molar-refractivity contribution in [1.29, 1.82) is 0 Å². The lowest BCUT2D eigenvalue weighted by molar-refractivity contribution is 0.743. The quantitative estimate of drug-likeness (QED) is 0.728. The van der Waals surface area contributed by atoms with Gasteiger partial charge in [-0.2, -0.15) is 0 Å². The standard InChI is InChI=1S/C13H22ClN3/c1-5-7-17(6-2)12-9-15-13(10(3)4)16-11(12)8-14/h9-10H,5-8H2,1-4H3. The monoisotopic (exact) mass is 255 g/mol. The van der Waals surface area contributed by atoms with Crippen LogP contribution in [0, 0.1) is 0 Å². The third-order valence-corrected chi connectivity index (χ3v) is 2.98. The van der Waals surface area contributed by atoms with Crippen molar-refractivity contribution < 1.29 is 0 Å². The number of hydrogen-bond acceptors (Lipinski definition) is 3. The maximum Gasteiger partial charge on any atom is 0.131 e. The summed E-state index contributed by atoms with van der Waals surface area (Å²) < 4.78 is 0. The smallest absolute Gasteiger partial charge is 0.131 e. The van der Waals surface area contributed by atoms with Gasteiger partial charge in [0.15, 0.2) is 0 Å². The zero-order chi connectivity index (χ0) is 12.8. The van der Waals surface area contributed by atoms with Crippen molar-refractivity contribution >= 4 is 17.3 Å². The second-order valence-corrected chi connectivity index (χ2v) is 4.70. The van der Waals surface area contributed by atoms with Gasteiger partial charge in [0.1, 0.15) is 5.82 Å². The number of anilines is 1. The van der Waals surface area contributed by atoms with E-state index in [0.29, 0.717) is 11.8 Å². The molecule has 0 radical (unpaired) electrons. The van der Waals surface area contributed by atoms with Crippen LogP contribution in [0.5, 0.6) is 0 Å². The number of rotatable bonds is 6. The highest BCUT2D eigenvalue weighted by molar-refractivity contribution is 6.17. The summed E-state index contributed by atoms with van der Waals surface area (Å²) in [6, 6.07) is 0. The number of nitrogens with zero attached hydrogens (tertiary/aromatic N) is 3. The van der Waals surface area contributed by atoms with Gasteiger partial charge in [0.2, 0.25) is 0 Å². The summed E-state index contributed by atoms with van der Waals surface area (Å²) in [5, 5.41) is 0. The van der Waals surface area contributed by atoms with Gasteiger partial charge < -0.3 is 4.90 Å². The van der Waals surface area contributed by atoms with Gasteiger partial charge in [-0.1, -0.05) is 20.8 Å². The lowest BCUT2D eigenvalue weighted by Gasteiger charge is -2.24. The van der Waals surface area contributed by atoms with Crippen molar-refractivity contribution in [2.24, 2.45) is 0 Å². The van der Waals surface area contributed by atoms with Crippen LogP contribution in [0.1, 0.15) is 51.6 Å². The van der Waals surface area contributed by atoms with E-state index in [2.05, 4.69) is 42.6 Å². The minimum atomic E-state index is 0.340. The first kappa shape index (κ1) is 14.2. The van der Waals surface area contributed by atoms with Gasteiger partial charge in [-0.3, -0.25) is 0 Å². The van der Waals surface area contributed by atoms with Gasteiger partial charge in [-0.15, -0.1) is 11.6 Å². The van der Waals surface area contributed by atoms with Crippen molar-refractivity contribution in [3.8, 4) is 0 Å². The molecule has 17 heavy (non-hydrogen) atoms. The minimum Gasteiger partial charge on any atom is -0.369 e. The van der Waals surface area contributed by atoms with E-state index in [0.717, 1.165) is 36.7 Å². The minimum absolute atomic E-state index is 0.340. The van der Waals surface area contributed by atoms with Crippen LogP contribution >= 0.6 is 11.6 Å². The highest BCUT2D eigenvalue weighted by atomic mass is 35.5. The largest absolute Gasteiger partial charge is 0.369 e. The molecule has 1 aromatic rings. The van der Waals surface area contributed by atoms with Crippen molar-refractivity contribution in [1.82, 2.24) is 9.97 Å². The summed E-state index contributed by atoms with van der Waals surface area (Å²) in [4.78, 5) is 11.3. The van der Waals surface area contributed by atoms with Crippen LogP contribution in [-0.2, 0) is 5.88 Å². The van der Waals surface area contributed by atoms with E-state index in [4.69, 9.17) is 11.6 Å². The Balaban J connectivity index is 3.06. The molecule has 0 aromatic carbocycles. The molecular weight excluding hydrogens is 234 g/mol. The third-order valence-electron chi connectivity index (χ3n) is 2.72. The molecule has 0 unspecified atom stereocenters. The van der Waals surface area contributed by atoms with Crippen molar-refractivity contribution in [3.63, 3.8) is 0 Å². The summed E-state index contributed by atoms with van der Waals surface area (Å²) in [5.41, 5.74) is 2.02. The molecule has 0 N–H and O–H groups in total. The van der Waals surface area contributed by atoms with E-state index in [9.17, 15) is 0 Å². The Labute approximate surface area is 109 Å². The second-order valence-electron chi connectivity index (χ2n) is 4.43. The third kappa shape index (κ3) is 3.56. The average Bonchev–Trinajstić information content (AvgIpc) is 2.35. The van der Waals surface area contributed by atoms with E-state index < -0.39 is 0 Å². The first-order chi connectivity index (χ1) is 8.13. The average molecular weight is 256 g/mol. The summed E-state index contributed by atoms with van der Waals surface area (Å²) in [6.07, 6.45) is 3.03. The van der Waals surface area contributed by atoms with E-state index in [1.807, 2.05) is 6.20 Å². The van der Waals surface area contributed by atoms with E-state index in [-0.39, 0.29) is 0 Å². The molecule has 0 aliphatic rings. The van der Waals surface area contributed by atoms with E-state index in [1.54, 1.807) is 0 Å². The molecule has 0 amide bonds. The zero-order valence-corrected chi connectivity index (χ0v) is 12.0. The van der Waals surface area contributed by atoms with E-state index >= 15 is 0 Å². The number of halogens is 1. The Morgan fingerprint density at radius 2 is 2.06 bits per heavy atom. The van der Waals surface area contributed by atoms with Crippen molar-refractivity contribution in [2.45, 2.75) is 45.9 Å². The van der Waals surface area contributed by atoms with Crippen LogP contribution in [0.15, 0.2) is 6.20 Å². The first-order valence-electron chi connectivity index (χ1n) is 6.30. The molecule has 0 spiro atoms. The molecule has 0 fully saturated rings. The van der Waals surface area contributed by atoms with Gasteiger partial charge in [0, 0.05) is 19.0 Å². The molecule has 1 heterocycles. The molecule has 1 rings (SSSR count). The van der Waals surface area contributed by atoms with Gasteiger partial charge in [-0.25, -0.2) is 9.97 Å². The molecule has 3 nitrogen and oxygen atoms in total. The Kier molecular flexibility index (Phi) is 5.69. The zero-order valence-electron chi connectivity index (χ0n) is 11.2. The Morgan fingerprint density at radius 1 is 1.35 bits per heavy atom. The molecule has 0 bridgehead atoms. The van der Waals surface area contributed by atoms with Gasteiger partial charge >= 0.3 is 0 Å². The molecule has 0 saturated carbocycles. The topological polar surface area (TPSA) is 29.0 Å². The maximum atomic E-state index is 5.99. The van der Waals surface area contributed by atoms with Crippen LogP contribution in [-0.4, -0.2) is 23.1 Å². The summed E-state index contributed by atoms with van der Waals surface area (Å²) >= 11 is 5.99. The lowest BCUT2D eigenvalue weighted by atomic mass is 10.2. The Bertz CT molecular complexity index is 353. The molecule has 0 aliphatic carbocycles. The predicted octanol–water partition coefficient (Wildman–Crippen LogP) is 3.58. The highest BCUT2D eigenvalue weighted by Gasteiger charge is 2.13. The fourth-order valence-electron chi connectivity index (χ4n) is 1.79. The fourth-order valence-corrected chi connectivity index (χ4v) is 1.98. The van der Waals surface area contributed by atoms with Crippen molar-refractivity contribution in [3.05, 3.63) is 17.7 Å². The van der Waals surface area contributed by atoms with Crippen LogP contribution < -0.4 is 4.90 Å². The fraction of sp³-hybridized carbons (Fsp3) is 0.692. The molecule has 0 saturated heterocycles. The summed E-state index contributed by atoms with van der Waals surface area (Å²) in [7, 11) is 0. The number of alkyl halides is 1. The van der Waals surface area contributed by atoms with Gasteiger partial charge in [-0.05, 0) is 13.3 Å². The Morgan fingerprint density at radius 3 is 2.53 bits per heavy atom. The molecule has 96 valence electrons. The molecular formula is C13H22ClN3. The highest BCUT2D eigenvalue weighted by Crippen LogP contribution is 2.22. The van der Waals surface area contributed by atoms with Gasteiger partial charge in [0.25, 0.3) is 0 Å². The van der Waals surface area contributed by atoms with Crippen LogP contribution in [0.25, 0.3) is 0 Å². The summed E-state index contributed by atoms with van der Waals surface area (Å²) in [5.74, 6) is 1.65. The SMILES string of the molecule is CCCN(CC)c1cnc(C(C)C)nc1CCl. The maximum absolute atomic E-state index is 5.99. The summed E-state index contributed by atoms with van der Waals surface area (Å²) in [6.45, 7) is 10.5. The number of hydrogen-bond donors (Lipinski definition) is 0. The number of aromatic nitrogens is 2. The van der Waals surface area contributed by atoms with Crippen LogP contribution in [0.3, 0.4) is 0 Å². The normalized spacial score (nSPS) is 10.9. The second kappa shape index (κ2) is 6.80. The molecule has 1 aromatic heterocycles. The Hall–Kier alpha value is -0.830. The predicted molar refractivity (Wildman–Crippen MR) is 73.9 cm³/mol. The van der Waals surface area contributed by atoms with Crippen LogP contribution in [0.4, 0.5) is 5.69 Å². The molecule has 0 aliphatic heterocycles.